The van der Waals surface area contributed by atoms with E-state index < -0.39 is 11.6 Å². The average Bonchev–Trinajstić information content (AvgIpc) is 2.83. The Bertz CT molecular complexity index is 1020. The topological polar surface area (TPSA) is 87.5 Å². The van der Waals surface area contributed by atoms with Crippen LogP contribution in [0.4, 0.5) is 26.0 Å². The minimum Gasteiger partial charge on any atom is -0.464 e. The van der Waals surface area contributed by atoms with Crippen LogP contribution >= 0.6 is 0 Å². The van der Waals surface area contributed by atoms with Gasteiger partial charge in [-0.05, 0) is 43.2 Å². The number of hydrogen-bond donors (Lipinski definition) is 2. The summed E-state index contributed by atoms with van der Waals surface area (Å²) in [6.45, 7) is 6.91. The fourth-order valence-corrected chi connectivity index (χ4v) is 3.88. The van der Waals surface area contributed by atoms with Crippen molar-refractivity contribution < 1.29 is 23.0 Å². The van der Waals surface area contributed by atoms with E-state index in [1.165, 1.54) is 19.2 Å². The van der Waals surface area contributed by atoms with E-state index in [0.29, 0.717) is 42.3 Å². The first-order valence-electron chi connectivity index (χ1n) is 11.4. The summed E-state index contributed by atoms with van der Waals surface area (Å²) < 4.78 is 38.8. The summed E-state index contributed by atoms with van der Waals surface area (Å²) in [6.07, 6.45) is 0.524. The summed E-state index contributed by atoms with van der Waals surface area (Å²) in [6, 6.07) is 7.32. The highest BCUT2D eigenvalue weighted by atomic mass is 19.1. The van der Waals surface area contributed by atoms with E-state index in [-0.39, 0.29) is 42.7 Å². The van der Waals surface area contributed by atoms with Crippen molar-refractivity contribution in [2.45, 2.75) is 39.3 Å². The molecule has 1 saturated heterocycles. The van der Waals surface area contributed by atoms with Gasteiger partial charge in [0.1, 0.15) is 17.3 Å². The molecule has 1 fully saturated rings. The minimum atomic E-state index is -1.41. The first-order valence-corrected chi connectivity index (χ1v) is 11.4. The smallest absolute Gasteiger partial charge is 0.356 e. The number of rotatable bonds is 9. The van der Waals surface area contributed by atoms with E-state index in [1.54, 1.807) is 18.2 Å². The van der Waals surface area contributed by atoms with Crippen molar-refractivity contribution >= 4 is 28.9 Å². The number of methoxy groups -OCH3 is 1. The van der Waals surface area contributed by atoms with Gasteiger partial charge in [-0.1, -0.05) is 13.8 Å². The zero-order chi connectivity index (χ0) is 24.9. The number of anilines is 3. The van der Waals surface area contributed by atoms with Crippen molar-refractivity contribution in [1.82, 2.24) is 4.98 Å². The van der Waals surface area contributed by atoms with Gasteiger partial charge in [0.05, 0.1) is 25.0 Å². The van der Waals surface area contributed by atoms with Crippen LogP contribution < -0.4 is 10.2 Å². The molecule has 2 N–H and O–H groups in total. The summed E-state index contributed by atoms with van der Waals surface area (Å²) in [5, 5.41) is 11.9. The van der Waals surface area contributed by atoms with Crippen LogP contribution in [0.15, 0.2) is 30.3 Å². The summed E-state index contributed by atoms with van der Waals surface area (Å²) in [4.78, 5) is 18.8. The third kappa shape index (κ3) is 5.88. The van der Waals surface area contributed by atoms with Gasteiger partial charge < -0.3 is 25.1 Å². The molecule has 1 aromatic carbocycles. The molecule has 1 aliphatic heterocycles. The predicted octanol–water partition coefficient (Wildman–Crippen LogP) is 5.12. The van der Waals surface area contributed by atoms with Gasteiger partial charge in [0, 0.05) is 43.9 Å². The highest BCUT2D eigenvalue weighted by Crippen LogP contribution is 2.36. The summed E-state index contributed by atoms with van der Waals surface area (Å²) in [5.41, 5.74) is 0.646. The van der Waals surface area contributed by atoms with Crippen molar-refractivity contribution in [2.24, 2.45) is 5.92 Å². The van der Waals surface area contributed by atoms with E-state index >= 15 is 4.39 Å². The molecule has 0 spiro atoms. The highest BCUT2D eigenvalue weighted by molar-refractivity contribution is 6.09. The quantitative estimate of drug-likeness (QED) is 0.388. The number of ether oxygens (including phenoxy) is 2. The Morgan fingerprint density at radius 2 is 1.91 bits per heavy atom. The van der Waals surface area contributed by atoms with E-state index in [1.807, 2.05) is 25.7 Å². The second-order valence-corrected chi connectivity index (χ2v) is 8.72. The minimum absolute atomic E-state index is 0.0487. The standard InChI is InChI=1S/C25H32F2N4O3/c1-5-34-15-25(27)10-12-31(13-11-25)20-14-19(24(32)33-4)30-23(21(20)22(28)16(2)3)29-18-8-6-17(26)7-9-18/h6-9,14,16,28H,5,10-13,15H2,1-4H3,(H,29,30). The van der Waals surface area contributed by atoms with Crippen molar-refractivity contribution in [3.63, 3.8) is 0 Å². The van der Waals surface area contributed by atoms with Crippen LogP contribution in [-0.4, -0.2) is 55.7 Å². The molecule has 1 aromatic heterocycles. The molecule has 0 unspecified atom stereocenters. The molecule has 0 aliphatic carbocycles. The van der Waals surface area contributed by atoms with E-state index in [2.05, 4.69) is 10.3 Å². The van der Waals surface area contributed by atoms with E-state index in [0.717, 1.165) is 0 Å². The van der Waals surface area contributed by atoms with Crippen LogP contribution in [0.5, 0.6) is 0 Å². The van der Waals surface area contributed by atoms with Gasteiger partial charge in [0.25, 0.3) is 0 Å². The van der Waals surface area contributed by atoms with Gasteiger partial charge in [0.2, 0.25) is 0 Å². The highest BCUT2D eigenvalue weighted by Gasteiger charge is 2.36. The number of nitrogens with zero attached hydrogens (tertiary/aromatic N) is 2. The number of piperidine rings is 1. The molecular formula is C25H32F2N4O3. The van der Waals surface area contributed by atoms with Crippen LogP contribution in [0.2, 0.25) is 0 Å². The largest absolute Gasteiger partial charge is 0.464 e. The Hall–Kier alpha value is -3.07. The third-order valence-corrected chi connectivity index (χ3v) is 5.91. The Kier molecular flexibility index (Phi) is 8.19. The maximum atomic E-state index is 15.2. The molecule has 34 heavy (non-hydrogen) atoms. The van der Waals surface area contributed by atoms with Crippen LogP contribution in [0.1, 0.15) is 49.7 Å². The number of halogens is 2. The molecule has 1 aliphatic rings. The van der Waals surface area contributed by atoms with Crippen molar-refractivity contribution in [2.75, 3.05) is 43.6 Å². The van der Waals surface area contributed by atoms with Crippen LogP contribution in [0, 0.1) is 17.1 Å². The van der Waals surface area contributed by atoms with Crippen LogP contribution in [0.3, 0.4) is 0 Å². The molecule has 184 valence electrons. The average molecular weight is 475 g/mol. The van der Waals surface area contributed by atoms with Crippen LogP contribution in [0.25, 0.3) is 0 Å². The predicted molar refractivity (Wildman–Crippen MR) is 129 cm³/mol. The van der Waals surface area contributed by atoms with Gasteiger partial charge in [-0.2, -0.15) is 0 Å². The van der Waals surface area contributed by atoms with Gasteiger partial charge in [0.15, 0.2) is 5.69 Å². The maximum absolute atomic E-state index is 15.2. The lowest BCUT2D eigenvalue weighted by molar-refractivity contribution is 0.00458. The zero-order valence-electron chi connectivity index (χ0n) is 20.1. The van der Waals surface area contributed by atoms with Gasteiger partial charge >= 0.3 is 5.97 Å². The summed E-state index contributed by atoms with van der Waals surface area (Å²) in [5.74, 6) is -0.858. The molecule has 2 aromatic rings. The number of carbonyl (C=O) groups excluding carboxylic acids is 1. The number of carbonyl (C=O) groups is 1. The Balaban J connectivity index is 2.06. The second kappa shape index (κ2) is 10.9. The molecule has 0 radical (unpaired) electrons. The molecule has 0 atom stereocenters. The first kappa shape index (κ1) is 25.6. The van der Waals surface area contributed by atoms with Gasteiger partial charge in [-0.15, -0.1) is 0 Å². The van der Waals surface area contributed by atoms with Gasteiger partial charge in [-0.3, -0.25) is 0 Å². The number of benzene rings is 1. The molecular weight excluding hydrogens is 442 g/mol. The lowest BCUT2D eigenvalue weighted by Crippen LogP contribution is -2.45. The molecule has 2 heterocycles. The summed E-state index contributed by atoms with van der Waals surface area (Å²) in [7, 11) is 1.27. The molecule has 3 rings (SSSR count). The SMILES string of the molecule is CCOCC1(F)CCN(c2cc(C(=O)OC)nc(Nc3ccc(F)cc3)c2C(=N)C(C)C)CC1. The molecule has 9 heteroatoms. The number of pyridine rings is 1. The Morgan fingerprint density at radius 1 is 1.26 bits per heavy atom. The lowest BCUT2D eigenvalue weighted by Gasteiger charge is -2.38. The number of nitrogens with one attached hydrogen (secondary N) is 2. The van der Waals surface area contributed by atoms with E-state index in [9.17, 15) is 9.18 Å². The summed E-state index contributed by atoms with van der Waals surface area (Å²) >= 11 is 0. The number of hydrogen-bond acceptors (Lipinski definition) is 7. The zero-order valence-corrected chi connectivity index (χ0v) is 20.1. The maximum Gasteiger partial charge on any atom is 0.356 e. The number of alkyl halides is 1. The molecule has 0 saturated carbocycles. The molecule has 0 amide bonds. The third-order valence-electron chi connectivity index (χ3n) is 5.91. The van der Waals surface area contributed by atoms with Crippen LogP contribution in [-0.2, 0) is 9.47 Å². The van der Waals surface area contributed by atoms with Crippen molar-refractivity contribution in [3.05, 3.63) is 47.4 Å². The number of aromatic nitrogens is 1. The second-order valence-electron chi connectivity index (χ2n) is 8.72. The molecule has 7 nitrogen and oxygen atoms in total. The number of esters is 1. The first-order chi connectivity index (χ1) is 16.2. The monoisotopic (exact) mass is 474 g/mol. The fourth-order valence-electron chi connectivity index (χ4n) is 3.88. The molecule has 0 bridgehead atoms. The Morgan fingerprint density at radius 3 is 2.47 bits per heavy atom. The van der Waals surface area contributed by atoms with E-state index in [4.69, 9.17) is 14.9 Å². The van der Waals surface area contributed by atoms with Gasteiger partial charge in [-0.25, -0.2) is 18.6 Å². The normalized spacial score (nSPS) is 15.3. The fraction of sp³-hybridized carbons (Fsp3) is 0.480. The van der Waals surface area contributed by atoms with Crippen molar-refractivity contribution in [1.29, 1.82) is 5.41 Å². The van der Waals surface area contributed by atoms with Crippen molar-refractivity contribution in [3.8, 4) is 0 Å². The Labute approximate surface area is 199 Å². The lowest BCUT2D eigenvalue weighted by atomic mass is 9.92.